The number of fused-ring (bicyclic) bond motifs is 6. The van der Waals surface area contributed by atoms with E-state index in [-0.39, 0.29) is 5.41 Å². The van der Waals surface area contributed by atoms with E-state index in [1.807, 2.05) is 6.07 Å². The number of hydrogen-bond donors (Lipinski definition) is 0. The molecule has 0 radical (unpaired) electrons. The Bertz CT molecular complexity index is 3180. The Hall–Kier alpha value is -7.42. The van der Waals surface area contributed by atoms with Crippen molar-refractivity contribution in [1.82, 2.24) is 0 Å². The molecule has 59 heavy (non-hydrogen) atoms. The summed E-state index contributed by atoms with van der Waals surface area (Å²) in [5.41, 5.74) is 19.2. The molecule has 0 N–H and O–H groups in total. The van der Waals surface area contributed by atoms with Crippen LogP contribution in [0.25, 0.3) is 77.6 Å². The number of benzene rings is 9. The predicted molar refractivity (Wildman–Crippen MR) is 248 cm³/mol. The number of para-hydroxylation sites is 2. The number of nitrogens with zero attached hydrogens (tertiary/aromatic N) is 1. The Morgan fingerprint density at radius 2 is 0.932 bits per heavy atom. The van der Waals surface area contributed by atoms with Gasteiger partial charge < -0.3 is 9.32 Å². The molecule has 2 nitrogen and oxygen atoms in total. The number of hydrogen-bond acceptors (Lipinski definition) is 2. The van der Waals surface area contributed by atoms with Crippen LogP contribution in [0.5, 0.6) is 0 Å². The largest absolute Gasteiger partial charge is 0.455 e. The fourth-order valence-corrected chi connectivity index (χ4v) is 9.34. The first-order valence-electron chi connectivity index (χ1n) is 20.4. The SMILES string of the molecule is CC1(C)c2ccccc2-c2ccc(N(c3ccc(-c4ccccc4)cc3-c3ccccc3)c3cc(-c4ccccc4)ccc3-c3cccc4c3oc3ccccc34)cc21. The van der Waals surface area contributed by atoms with Gasteiger partial charge in [-0.2, -0.15) is 0 Å². The van der Waals surface area contributed by atoms with Gasteiger partial charge in [-0.1, -0.05) is 190 Å². The lowest BCUT2D eigenvalue weighted by molar-refractivity contribution is 0.660. The third-order valence-corrected chi connectivity index (χ3v) is 12.3. The van der Waals surface area contributed by atoms with Crippen LogP contribution in [0.3, 0.4) is 0 Å². The Morgan fingerprint density at radius 3 is 1.69 bits per heavy atom. The topological polar surface area (TPSA) is 16.4 Å². The zero-order valence-electron chi connectivity index (χ0n) is 33.1. The highest BCUT2D eigenvalue weighted by molar-refractivity contribution is 6.11. The highest BCUT2D eigenvalue weighted by atomic mass is 16.3. The molecule has 9 aromatic carbocycles. The monoisotopic (exact) mass is 755 g/mol. The lowest BCUT2D eigenvalue weighted by Crippen LogP contribution is -2.17. The molecule has 0 unspecified atom stereocenters. The predicted octanol–water partition coefficient (Wildman–Crippen LogP) is 16.0. The van der Waals surface area contributed by atoms with Crippen LogP contribution in [0.15, 0.2) is 217 Å². The Morgan fingerprint density at radius 1 is 0.356 bits per heavy atom. The summed E-state index contributed by atoms with van der Waals surface area (Å²) < 4.78 is 6.76. The van der Waals surface area contributed by atoms with Gasteiger partial charge in [0.25, 0.3) is 0 Å². The lowest BCUT2D eigenvalue weighted by atomic mass is 9.82. The van der Waals surface area contributed by atoms with Crippen LogP contribution in [0.2, 0.25) is 0 Å². The minimum Gasteiger partial charge on any atom is -0.455 e. The maximum Gasteiger partial charge on any atom is 0.143 e. The van der Waals surface area contributed by atoms with E-state index < -0.39 is 0 Å². The second-order valence-corrected chi connectivity index (χ2v) is 16.1. The summed E-state index contributed by atoms with van der Waals surface area (Å²) in [6, 6.07) is 77.0. The van der Waals surface area contributed by atoms with Gasteiger partial charge in [-0.25, -0.2) is 0 Å². The van der Waals surface area contributed by atoms with Crippen LogP contribution >= 0.6 is 0 Å². The van der Waals surface area contributed by atoms with Crippen molar-refractivity contribution in [2.45, 2.75) is 19.3 Å². The van der Waals surface area contributed by atoms with Crippen molar-refractivity contribution in [1.29, 1.82) is 0 Å². The third-order valence-electron chi connectivity index (χ3n) is 12.3. The minimum atomic E-state index is -0.179. The molecule has 0 bridgehead atoms. The van der Waals surface area contributed by atoms with Gasteiger partial charge in [0.2, 0.25) is 0 Å². The maximum atomic E-state index is 6.76. The summed E-state index contributed by atoms with van der Waals surface area (Å²) in [4.78, 5) is 2.50. The average Bonchev–Trinajstić information content (AvgIpc) is 3.79. The molecule has 1 heterocycles. The van der Waals surface area contributed by atoms with Gasteiger partial charge in [0.15, 0.2) is 0 Å². The summed E-state index contributed by atoms with van der Waals surface area (Å²) in [6.45, 7) is 4.72. The smallest absolute Gasteiger partial charge is 0.143 e. The molecule has 0 amide bonds. The number of furan rings is 1. The van der Waals surface area contributed by atoms with Crippen molar-refractivity contribution in [2.24, 2.45) is 0 Å². The Balaban J connectivity index is 1.24. The Labute approximate surface area is 345 Å². The Kier molecular flexibility index (Phi) is 8.20. The first-order chi connectivity index (χ1) is 29.0. The fraction of sp³-hybridized carbons (Fsp3) is 0.0526. The normalized spacial score (nSPS) is 12.7. The average molecular weight is 756 g/mol. The molecular formula is C57H41NO. The van der Waals surface area contributed by atoms with Crippen molar-refractivity contribution >= 4 is 39.0 Å². The highest BCUT2D eigenvalue weighted by Gasteiger charge is 2.36. The first kappa shape index (κ1) is 34.8. The molecule has 0 fully saturated rings. The van der Waals surface area contributed by atoms with Crippen molar-refractivity contribution in [3.8, 4) is 55.6 Å². The quantitative estimate of drug-likeness (QED) is 0.161. The van der Waals surface area contributed by atoms with Gasteiger partial charge in [0.1, 0.15) is 11.2 Å². The van der Waals surface area contributed by atoms with Gasteiger partial charge in [0, 0.05) is 38.6 Å². The number of rotatable bonds is 7. The summed E-state index contributed by atoms with van der Waals surface area (Å²) >= 11 is 0. The van der Waals surface area contributed by atoms with Crippen molar-refractivity contribution in [3.05, 3.63) is 223 Å². The zero-order valence-corrected chi connectivity index (χ0v) is 33.1. The molecule has 0 atom stereocenters. The highest BCUT2D eigenvalue weighted by Crippen LogP contribution is 2.53. The third kappa shape index (κ3) is 5.79. The van der Waals surface area contributed by atoms with E-state index in [4.69, 9.17) is 4.42 Å². The summed E-state index contributed by atoms with van der Waals surface area (Å²) in [7, 11) is 0. The molecule has 2 heteroatoms. The fourth-order valence-electron chi connectivity index (χ4n) is 9.34. The molecule has 1 aliphatic rings. The molecule has 11 rings (SSSR count). The molecule has 0 saturated heterocycles. The van der Waals surface area contributed by atoms with Gasteiger partial charge in [-0.3, -0.25) is 0 Å². The molecular weight excluding hydrogens is 715 g/mol. The van der Waals surface area contributed by atoms with Crippen LogP contribution in [0.4, 0.5) is 17.1 Å². The van der Waals surface area contributed by atoms with E-state index in [9.17, 15) is 0 Å². The summed E-state index contributed by atoms with van der Waals surface area (Å²) in [5, 5.41) is 2.23. The van der Waals surface area contributed by atoms with Crippen LogP contribution in [-0.2, 0) is 5.41 Å². The van der Waals surface area contributed by atoms with Gasteiger partial charge in [0.05, 0.1) is 11.4 Å². The van der Waals surface area contributed by atoms with Gasteiger partial charge in [-0.15, -0.1) is 0 Å². The molecule has 1 aromatic heterocycles. The van der Waals surface area contributed by atoms with E-state index in [2.05, 4.69) is 225 Å². The van der Waals surface area contributed by atoms with Crippen LogP contribution in [-0.4, -0.2) is 0 Å². The second kappa shape index (κ2) is 13.9. The van der Waals surface area contributed by atoms with E-state index in [0.717, 1.165) is 72.4 Å². The van der Waals surface area contributed by atoms with Crippen LogP contribution in [0.1, 0.15) is 25.0 Å². The van der Waals surface area contributed by atoms with Crippen LogP contribution in [0, 0.1) is 0 Å². The summed E-state index contributed by atoms with van der Waals surface area (Å²) in [5.74, 6) is 0. The van der Waals surface area contributed by atoms with E-state index in [1.165, 1.54) is 33.4 Å². The molecule has 0 spiro atoms. The lowest BCUT2D eigenvalue weighted by Gasteiger charge is -2.32. The van der Waals surface area contributed by atoms with Crippen LogP contribution < -0.4 is 4.90 Å². The molecule has 10 aromatic rings. The molecule has 280 valence electrons. The first-order valence-corrected chi connectivity index (χ1v) is 20.4. The molecule has 1 aliphatic carbocycles. The van der Waals surface area contributed by atoms with E-state index in [1.54, 1.807) is 0 Å². The van der Waals surface area contributed by atoms with Gasteiger partial charge >= 0.3 is 0 Å². The molecule has 0 saturated carbocycles. The number of anilines is 3. The minimum absolute atomic E-state index is 0.179. The van der Waals surface area contributed by atoms with Crippen molar-refractivity contribution in [3.63, 3.8) is 0 Å². The standard InChI is InChI=1S/C57H41NO/c1-57(2)51-27-14-12-23-44(51)45-33-31-43(37-52(45)57)58(53-34-30-41(38-17-6-3-7-18-38)35-50(53)40-21-10-5-11-22-40)54-36-42(39-19-8-4-9-20-39)29-32-46(54)48-25-16-26-49-47-24-13-15-28-55(47)59-56(48)49/h3-37H,1-2H3. The van der Waals surface area contributed by atoms with Crippen molar-refractivity contribution in [2.75, 3.05) is 4.90 Å². The maximum absolute atomic E-state index is 6.76. The molecule has 0 aliphatic heterocycles. The summed E-state index contributed by atoms with van der Waals surface area (Å²) in [6.07, 6.45) is 0. The van der Waals surface area contributed by atoms with E-state index in [0.29, 0.717) is 0 Å². The second-order valence-electron chi connectivity index (χ2n) is 16.1. The van der Waals surface area contributed by atoms with E-state index >= 15 is 0 Å². The zero-order chi connectivity index (χ0) is 39.5. The van der Waals surface area contributed by atoms with Gasteiger partial charge in [-0.05, 0) is 86.5 Å². The van der Waals surface area contributed by atoms with Crippen molar-refractivity contribution < 1.29 is 4.42 Å².